The fourth-order valence-corrected chi connectivity index (χ4v) is 4.48. The number of anilines is 2. The van der Waals surface area contributed by atoms with Gasteiger partial charge >= 0.3 is 6.09 Å². The maximum absolute atomic E-state index is 13.4. The molecule has 0 fully saturated rings. The number of carbonyl (C=O) groups is 2. The predicted molar refractivity (Wildman–Crippen MR) is 154 cm³/mol. The zero-order valence-corrected chi connectivity index (χ0v) is 24.2. The lowest BCUT2D eigenvalue weighted by Gasteiger charge is -2.26. The second-order valence-electron chi connectivity index (χ2n) is 9.84. The highest BCUT2D eigenvalue weighted by Gasteiger charge is 2.23. The average molecular weight is 600 g/mol. The molecule has 14 heteroatoms. The van der Waals surface area contributed by atoms with Crippen LogP contribution in [0.15, 0.2) is 58.6 Å². The number of nitrogen functional groups attached to an aromatic ring is 1. The molecular weight excluding hydrogens is 573 g/mol. The molecule has 3 heterocycles. The first-order valence-corrected chi connectivity index (χ1v) is 13.1. The van der Waals surface area contributed by atoms with E-state index in [0.29, 0.717) is 17.7 Å². The van der Waals surface area contributed by atoms with E-state index >= 15 is 0 Å². The van der Waals surface area contributed by atoms with Crippen molar-refractivity contribution in [3.05, 3.63) is 80.9 Å². The van der Waals surface area contributed by atoms with Crippen molar-refractivity contribution in [3.63, 3.8) is 0 Å². The molecule has 0 unspecified atom stereocenters. The first-order valence-electron chi connectivity index (χ1n) is 12.4. The number of carbonyl (C=O) groups excluding carboxylic acids is 2. The van der Waals surface area contributed by atoms with Gasteiger partial charge in [-0.15, -0.1) is 0 Å². The Morgan fingerprint density at radius 1 is 1.15 bits per heavy atom. The third-order valence-corrected chi connectivity index (χ3v) is 6.20. The number of aromatic nitrogens is 4. The van der Waals surface area contributed by atoms with Gasteiger partial charge in [0, 0.05) is 18.3 Å². The van der Waals surface area contributed by atoms with Crippen LogP contribution in [0, 0.1) is 0 Å². The van der Waals surface area contributed by atoms with E-state index in [1.807, 2.05) is 6.92 Å². The minimum atomic E-state index is -0.823. The number of rotatable bonds is 7. The van der Waals surface area contributed by atoms with Crippen LogP contribution in [0.1, 0.15) is 43.6 Å². The second-order valence-corrected chi connectivity index (χ2v) is 10.7. The van der Waals surface area contributed by atoms with Crippen molar-refractivity contribution in [3.8, 4) is 17.1 Å². The molecule has 0 bridgehead atoms. The van der Waals surface area contributed by atoms with Gasteiger partial charge in [-0.2, -0.15) is 0 Å². The number of hydrogen-bond donors (Lipinski definition) is 2. The van der Waals surface area contributed by atoms with Gasteiger partial charge in [0.05, 0.1) is 40.4 Å². The zero-order valence-electron chi connectivity index (χ0n) is 22.6. The maximum Gasteiger partial charge on any atom is 0.410 e. The lowest BCUT2D eigenvalue weighted by Crippen LogP contribution is -2.36. The van der Waals surface area contributed by atoms with E-state index in [0.717, 1.165) is 10.9 Å². The molecule has 0 radical (unpaired) electrons. The van der Waals surface area contributed by atoms with Crippen molar-refractivity contribution < 1.29 is 18.7 Å². The summed E-state index contributed by atoms with van der Waals surface area (Å²) in [6.45, 7) is 7.74. The highest BCUT2D eigenvalue weighted by molar-refractivity contribution is 6.38. The number of nitrogens with zero attached hydrogens (tertiary/aromatic N) is 5. The van der Waals surface area contributed by atoms with Gasteiger partial charge in [0.25, 0.3) is 11.5 Å². The molecule has 0 aliphatic heterocycles. The van der Waals surface area contributed by atoms with Crippen LogP contribution in [0.2, 0.25) is 10.0 Å². The molecule has 0 aliphatic carbocycles. The molecule has 1 aromatic carbocycles. The third kappa shape index (κ3) is 6.84. The summed E-state index contributed by atoms with van der Waals surface area (Å²) in [4.78, 5) is 52.9. The molecule has 2 amide bonds. The van der Waals surface area contributed by atoms with Gasteiger partial charge in [-0.05, 0) is 51.5 Å². The van der Waals surface area contributed by atoms with E-state index in [2.05, 4.69) is 20.3 Å². The SMILES string of the molecule is CCN(Cc1cncc(NC(=O)c2c(N)ncn(-c3c(Cl)cc(-c4ncco4)cc3Cl)c2=O)c1)C(=O)OC(C)(C)C. The number of nitrogens with two attached hydrogens (primary N) is 1. The summed E-state index contributed by atoms with van der Waals surface area (Å²) in [5.74, 6) is -0.831. The standard InChI is InChI=1S/C27H27Cl2N7O5/c1-5-35(26(39)41-27(2,3)4)13-15-8-17(12-31-11-15)34-23(37)20-22(30)33-14-36(25(20)38)21-18(28)9-16(10-19(21)29)24-32-6-7-40-24/h6-12,14H,5,13,30H2,1-4H3,(H,34,37). The summed E-state index contributed by atoms with van der Waals surface area (Å²) < 4.78 is 11.8. The van der Waals surface area contributed by atoms with E-state index in [4.69, 9.17) is 38.1 Å². The van der Waals surface area contributed by atoms with Crippen molar-refractivity contribution in [2.75, 3.05) is 17.6 Å². The van der Waals surface area contributed by atoms with Gasteiger partial charge in [-0.3, -0.25) is 19.1 Å². The van der Waals surface area contributed by atoms with Crippen LogP contribution in [0.3, 0.4) is 0 Å². The van der Waals surface area contributed by atoms with Crippen LogP contribution in [0.25, 0.3) is 17.1 Å². The zero-order chi connectivity index (χ0) is 29.9. The number of nitrogens with one attached hydrogen (secondary N) is 1. The number of oxazole rings is 1. The van der Waals surface area contributed by atoms with Gasteiger partial charge in [0.2, 0.25) is 5.89 Å². The Labute approximate surface area is 245 Å². The summed E-state index contributed by atoms with van der Waals surface area (Å²) >= 11 is 12.9. The lowest BCUT2D eigenvalue weighted by atomic mass is 10.2. The Hall–Kier alpha value is -4.42. The smallest absolute Gasteiger partial charge is 0.410 e. The number of hydrogen-bond acceptors (Lipinski definition) is 9. The normalized spacial score (nSPS) is 11.3. The number of ether oxygens (including phenoxy) is 1. The van der Waals surface area contributed by atoms with Crippen LogP contribution < -0.4 is 16.6 Å². The number of benzene rings is 1. The molecule has 12 nitrogen and oxygen atoms in total. The molecule has 3 aromatic heterocycles. The molecule has 214 valence electrons. The van der Waals surface area contributed by atoms with E-state index in [1.54, 1.807) is 33.0 Å². The van der Waals surface area contributed by atoms with Gasteiger partial charge in [-0.25, -0.2) is 14.8 Å². The Bertz CT molecular complexity index is 1630. The van der Waals surface area contributed by atoms with Gasteiger partial charge in [0.15, 0.2) is 0 Å². The Morgan fingerprint density at radius 3 is 2.46 bits per heavy atom. The van der Waals surface area contributed by atoms with E-state index in [9.17, 15) is 14.4 Å². The quantitative estimate of drug-likeness (QED) is 0.291. The second kappa shape index (κ2) is 12.0. The Balaban J connectivity index is 1.60. The van der Waals surface area contributed by atoms with Crippen molar-refractivity contribution >= 4 is 46.7 Å². The molecular formula is C27H27Cl2N7O5. The van der Waals surface area contributed by atoms with Crippen LogP contribution in [0.4, 0.5) is 16.3 Å². The molecule has 0 aliphatic rings. The monoisotopic (exact) mass is 599 g/mol. The fourth-order valence-electron chi connectivity index (χ4n) is 3.81. The third-order valence-electron chi connectivity index (χ3n) is 5.62. The van der Waals surface area contributed by atoms with Crippen LogP contribution in [-0.4, -0.2) is 48.6 Å². The Kier molecular flexibility index (Phi) is 8.64. The minimum Gasteiger partial charge on any atom is -0.445 e. The van der Waals surface area contributed by atoms with E-state index < -0.39 is 28.7 Å². The van der Waals surface area contributed by atoms with Crippen LogP contribution >= 0.6 is 23.2 Å². The molecule has 0 saturated heterocycles. The summed E-state index contributed by atoms with van der Waals surface area (Å²) in [5, 5.41) is 2.80. The van der Waals surface area contributed by atoms with Crippen molar-refractivity contribution in [2.24, 2.45) is 0 Å². The van der Waals surface area contributed by atoms with Gasteiger partial charge in [0.1, 0.15) is 29.6 Å². The maximum atomic E-state index is 13.4. The van der Waals surface area contributed by atoms with Crippen molar-refractivity contribution in [1.29, 1.82) is 0 Å². The number of halogens is 2. The first kappa shape index (κ1) is 29.6. The molecule has 41 heavy (non-hydrogen) atoms. The summed E-state index contributed by atoms with van der Waals surface area (Å²) in [6.07, 6.45) is 6.46. The largest absolute Gasteiger partial charge is 0.445 e. The number of amides is 2. The van der Waals surface area contributed by atoms with Gasteiger partial charge in [-0.1, -0.05) is 23.2 Å². The molecule has 3 N–H and O–H groups in total. The summed E-state index contributed by atoms with van der Waals surface area (Å²) in [5.41, 5.74) is 5.55. The first-order chi connectivity index (χ1) is 19.4. The van der Waals surface area contributed by atoms with E-state index in [1.165, 1.54) is 35.7 Å². The highest BCUT2D eigenvalue weighted by Crippen LogP contribution is 2.33. The fraction of sp³-hybridized carbons (Fsp3) is 0.259. The number of pyridine rings is 1. The average Bonchev–Trinajstić information content (AvgIpc) is 3.42. The molecule has 4 rings (SSSR count). The van der Waals surface area contributed by atoms with Crippen LogP contribution in [0.5, 0.6) is 0 Å². The topological polar surface area (TPSA) is 158 Å². The molecule has 0 saturated carbocycles. The van der Waals surface area contributed by atoms with Crippen LogP contribution in [-0.2, 0) is 11.3 Å². The van der Waals surface area contributed by atoms with Gasteiger partial charge < -0.3 is 25.1 Å². The Morgan fingerprint density at radius 2 is 1.85 bits per heavy atom. The summed E-state index contributed by atoms with van der Waals surface area (Å²) in [7, 11) is 0. The summed E-state index contributed by atoms with van der Waals surface area (Å²) in [6, 6.07) is 4.66. The minimum absolute atomic E-state index is 0.0908. The molecule has 0 atom stereocenters. The molecule has 4 aromatic rings. The predicted octanol–water partition coefficient (Wildman–Crippen LogP) is 5.18. The lowest BCUT2D eigenvalue weighted by molar-refractivity contribution is 0.0244. The van der Waals surface area contributed by atoms with Crippen molar-refractivity contribution in [1.82, 2.24) is 24.4 Å². The van der Waals surface area contributed by atoms with E-state index in [-0.39, 0.29) is 39.7 Å². The molecule has 0 spiro atoms. The highest BCUT2D eigenvalue weighted by atomic mass is 35.5. The van der Waals surface area contributed by atoms with Crippen molar-refractivity contribution in [2.45, 2.75) is 39.8 Å².